The van der Waals surface area contributed by atoms with E-state index in [-0.39, 0.29) is 23.2 Å². The number of morpholine rings is 1. The van der Waals surface area contributed by atoms with E-state index in [1.165, 1.54) is 25.5 Å². The lowest BCUT2D eigenvalue weighted by molar-refractivity contribution is -0.116. The molecule has 1 unspecified atom stereocenters. The third-order valence-corrected chi connectivity index (χ3v) is 8.05. The van der Waals surface area contributed by atoms with E-state index < -0.39 is 15.9 Å². The number of nitrogens with zero attached hydrogens (tertiary/aromatic N) is 3. The molecule has 1 amide bonds. The summed E-state index contributed by atoms with van der Waals surface area (Å²) in [5.41, 5.74) is 2.12. The largest absolute Gasteiger partial charge is 0.493 e. The van der Waals surface area contributed by atoms with Crippen LogP contribution in [0, 0.1) is 0 Å². The first-order valence-electron chi connectivity index (χ1n) is 12.0. The zero-order chi connectivity index (χ0) is 26.0. The van der Waals surface area contributed by atoms with Gasteiger partial charge in [-0.3, -0.25) is 9.69 Å². The first-order chi connectivity index (χ1) is 17.9. The number of anilines is 1. The quantitative estimate of drug-likeness (QED) is 0.376. The number of benzene rings is 2. The number of sulfonamides is 1. The smallest absolute Gasteiger partial charge is 0.240 e. The second kappa shape index (κ2) is 11.8. The molecule has 1 fully saturated rings. The molecule has 3 aromatic rings. The SMILES string of the molecule is CNS(=O)(=O)c1ccc2c(c1)C(c1ncnc3cc(OCCCN4CCOCC4)c(OC)cc13)C(=O)N2.Cl. The Hall–Kier alpha value is -3.03. The number of methoxy groups -OCH3 is 1. The molecule has 2 aliphatic heterocycles. The van der Waals surface area contributed by atoms with Crippen molar-refractivity contribution in [1.29, 1.82) is 0 Å². The zero-order valence-electron chi connectivity index (χ0n) is 21.1. The minimum atomic E-state index is -3.69. The van der Waals surface area contributed by atoms with Crippen molar-refractivity contribution in [2.24, 2.45) is 0 Å². The third-order valence-electron chi connectivity index (χ3n) is 6.64. The van der Waals surface area contributed by atoms with Crippen LogP contribution < -0.4 is 19.5 Å². The maximum Gasteiger partial charge on any atom is 0.240 e. The average molecular weight is 564 g/mol. The summed E-state index contributed by atoms with van der Waals surface area (Å²) >= 11 is 0. The van der Waals surface area contributed by atoms with Crippen molar-refractivity contribution in [3.63, 3.8) is 0 Å². The van der Waals surface area contributed by atoms with Crippen molar-refractivity contribution < 1.29 is 27.4 Å². The van der Waals surface area contributed by atoms with Crippen LogP contribution in [0.25, 0.3) is 10.9 Å². The predicted molar refractivity (Wildman–Crippen MR) is 144 cm³/mol. The van der Waals surface area contributed by atoms with Gasteiger partial charge in [0.25, 0.3) is 0 Å². The van der Waals surface area contributed by atoms with Gasteiger partial charge in [-0.1, -0.05) is 0 Å². The van der Waals surface area contributed by atoms with Crippen molar-refractivity contribution in [2.45, 2.75) is 17.2 Å². The summed E-state index contributed by atoms with van der Waals surface area (Å²) in [6.45, 7) is 4.82. The normalized spacial score (nSPS) is 17.5. The van der Waals surface area contributed by atoms with Crippen LogP contribution in [0.2, 0.25) is 0 Å². The number of fused-ring (bicyclic) bond motifs is 2. The van der Waals surface area contributed by atoms with Crippen molar-refractivity contribution in [2.75, 3.05) is 58.9 Å². The van der Waals surface area contributed by atoms with E-state index in [1.807, 2.05) is 0 Å². The highest BCUT2D eigenvalue weighted by molar-refractivity contribution is 7.89. The van der Waals surface area contributed by atoms with E-state index in [2.05, 4.69) is 24.9 Å². The Labute approximate surface area is 227 Å². The van der Waals surface area contributed by atoms with E-state index >= 15 is 0 Å². The Morgan fingerprint density at radius 1 is 1.16 bits per heavy atom. The second-order valence-electron chi connectivity index (χ2n) is 8.81. The second-order valence-corrected chi connectivity index (χ2v) is 10.7. The van der Waals surface area contributed by atoms with E-state index in [0.717, 1.165) is 39.3 Å². The number of amides is 1. The number of ether oxygens (including phenoxy) is 3. The number of carbonyl (C=O) groups is 1. The van der Waals surface area contributed by atoms with E-state index in [9.17, 15) is 13.2 Å². The van der Waals surface area contributed by atoms with Gasteiger partial charge in [-0.05, 0) is 43.3 Å². The van der Waals surface area contributed by atoms with Crippen molar-refractivity contribution in [3.8, 4) is 11.5 Å². The standard InChI is InChI=1S/C25H29N5O6S.ClH/c1-26-37(32,33)16-4-5-19-17(12-16)23(25(31)29-19)24-18-13-21(34-2)22(14-20(18)27-15-28-24)36-9-3-6-30-7-10-35-11-8-30;/h4-5,12-15,23,26H,3,6-11H2,1-2H3,(H,29,31);1H. The molecule has 1 atom stereocenters. The van der Waals surface area contributed by atoms with Gasteiger partial charge in [-0.25, -0.2) is 23.1 Å². The van der Waals surface area contributed by atoms with Crippen molar-refractivity contribution >= 4 is 44.9 Å². The highest BCUT2D eigenvalue weighted by Gasteiger charge is 2.35. The van der Waals surface area contributed by atoms with Gasteiger partial charge in [0.05, 0.1) is 43.0 Å². The fourth-order valence-electron chi connectivity index (χ4n) is 4.68. The monoisotopic (exact) mass is 563 g/mol. The van der Waals surface area contributed by atoms with Gasteiger partial charge in [0.1, 0.15) is 12.2 Å². The number of hydrogen-bond donors (Lipinski definition) is 2. The number of rotatable bonds is 9. The molecule has 0 spiro atoms. The fourth-order valence-corrected chi connectivity index (χ4v) is 5.44. The molecule has 204 valence electrons. The summed E-state index contributed by atoms with van der Waals surface area (Å²) in [4.78, 5) is 24.3. The molecule has 0 aliphatic carbocycles. The molecule has 0 saturated carbocycles. The maximum absolute atomic E-state index is 13.0. The Morgan fingerprint density at radius 2 is 1.95 bits per heavy atom. The fraction of sp³-hybridized carbons (Fsp3) is 0.400. The highest BCUT2D eigenvalue weighted by atomic mass is 35.5. The molecule has 1 saturated heterocycles. The van der Waals surface area contributed by atoms with Gasteiger partial charge >= 0.3 is 0 Å². The zero-order valence-corrected chi connectivity index (χ0v) is 22.7. The van der Waals surface area contributed by atoms with Gasteiger partial charge in [0.2, 0.25) is 15.9 Å². The van der Waals surface area contributed by atoms with Crippen molar-refractivity contribution in [1.82, 2.24) is 19.6 Å². The molecule has 38 heavy (non-hydrogen) atoms. The molecule has 13 heteroatoms. The third kappa shape index (κ3) is 5.54. The summed E-state index contributed by atoms with van der Waals surface area (Å²) in [5, 5.41) is 3.45. The summed E-state index contributed by atoms with van der Waals surface area (Å²) < 4.78 is 44.1. The van der Waals surface area contributed by atoms with Gasteiger partial charge in [-0.15, -0.1) is 12.4 Å². The maximum atomic E-state index is 13.0. The van der Waals surface area contributed by atoms with Crippen LogP contribution in [-0.2, 0) is 19.6 Å². The van der Waals surface area contributed by atoms with Gasteiger partial charge < -0.3 is 19.5 Å². The highest BCUT2D eigenvalue weighted by Crippen LogP contribution is 2.41. The molecule has 0 radical (unpaired) electrons. The Morgan fingerprint density at radius 3 is 2.68 bits per heavy atom. The van der Waals surface area contributed by atoms with Gasteiger partial charge in [0, 0.05) is 36.8 Å². The summed E-state index contributed by atoms with van der Waals surface area (Å²) in [6, 6.07) is 8.09. The van der Waals surface area contributed by atoms with Gasteiger partial charge in [-0.2, -0.15) is 0 Å². The van der Waals surface area contributed by atoms with Crippen LogP contribution >= 0.6 is 12.4 Å². The lowest BCUT2D eigenvalue weighted by atomic mass is 9.94. The molecule has 2 aromatic carbocycles. The molecule has 2 aliphatic rings. The lowest BCUT2D eigenvalue weighted by Gasteiger charge is -2.26. The van der Waals surface area contributed by atoms with E-state index in [0.29, 0.717) is 46.0 Å². The first kappa shape index (κ1) is 28.0. The van der Waals surface area contributed by atoms with Crippen LogP contribution in [0.1, 0.15) is 23.6 Å². The molecular weight excluding hydrogens is 534 g/mol. The lowest BCUT2D eigenvalue weighted by Crippen LogP contribution is -2.37. The van der Waals surface area contributed by atoms with Crippen LogP contribution in [0.3, 0.4) is 0 Å². The van der Waals surface area contributed by atoms with Crippen LogP contribution in [0.4, 0.5) is 5.69 Å². The predicted octanol–water partition coefficient (Wildman–Crippen LogP) is 2.15. The number of carbonyl (C=O) groups excluding carboxylic acids is 1. The molecule has 5 rings (SSSR count). The number of hydrogen-bond acceptors (Lipinski definition) is 9. The van der Waals surface area contributed by atoms with E-state index in [1.54, 1.807) is 25.3 Å². The first-order valence-corrected chi connectivity index (χ1v) is 13.5. The van der Waals surface area contributed by atoms with Crippen LogP contribution in [0.15, 0.2) is 41.6 Å². The molecule has 2 N–H and O–H groups in total. The minimum absolute atomic E-state index is 0. The Bertz CT molecular complexity index is 1430. The number of nitrogens with one attached hydrogen (secondary N) is 2. The van der Waals surface area contributed by atoms with E-state index in [4.69, 9.17) is 14.2 Å². The summed E-state index contributed by atoms with van der Waals surface area (Å²) in [6.07, 6.45) is 2.25. The average Bonchev–Trinajstić information content (AvgIpc) is 3.25. The molecule has 1 aromatic heterocycles. The number of halogens is 1. The molecular formula is C25H30ClN5O6S. The summed E-state index contributed by atoms with van der Waals surface area (Å²) in [5.74, 6) is -0.0470. The Kier molecular flexibility index (Phi) is 8.68. The minimum Gasteiger partial charge on any atom is -0.493 e. The molecule has 11 nitrogen and oxygen atoms in total. The van der Waals surface area contributed by atoms with Gasteiger partial charge in [0.15, 0.2) is 11.5 Å². The van der Waals surface area contributed by atoms with Crippen molar-refractivity contribution in [3.05, 3.63) is 47.9 Å². The molecule has 3 heterocycles. The molecule has 0 bridgehead atoms. The van der Waals surface area contributed by atoms with Crippen LogP contribution in [-0.4, -0.2) is 82.8 Å². The Balaban J connectivity index is 0.00000336. The summed E-state index contributed by atoms with van der Waals surface area (Å²) in [7, 11) is -0.791. The topological polar surface area (TPSA) is 132 Å². The number of aromatic nitrogens is 2. The van der Waals surface area contributed by atoms with Crippen LogP contribution in [0.5, 0.6) is 11.5 Å².